The molecule has 2 heterocycles. The average Bonchev–Trinajstić information content (AvgIpc) is 3.50. The van der Waals surface area contributed by atoms with E-state index < -0.39 is 17.8 Å². The van der Waals surface area contributed by atoms with E-state index in [0.717, 1.165) is 21.7 Å². The van der Waals surface area contributed by atoms with Crippen molar-refractivity contribution in [1.82, 2.24) is 14.7 Å². The van der Waals surface area contributed by atoms with E-state index in [9.17, 15) is 24.0 Å². The maximum absolute atomic E-state index is 13.7. The number of nitriles is 1. The van der Waals surface area contributed by atoms with Crippen LogP contribution in [-0.4, -0.2) is 58.8 Å². The van der Waals surface area contributed by atoms with Gasteiger partial charge < -0.3 is 14.2 Å². The molecule has 2 amide bonds. The van der Waals surface area contributed by atoms with Crippen molar-refractivity contribution in [2.75, 3.05) is 26.4 Å². The SMILES string of the molecule is CC(=O)OCCOCCN1C(=O)C(C#N)=C(C)/C(=C\c2cn(-c3ccccc3)nc2-c2ccc(OCc3ccc(F)cc3)cc2)C1=O. The molecule has 0 atom stereocenters. The molecule has 47 heavy (non-hydrogen) atoms. The van der Waals surface area contributed by atoms with Gasteiger partial charge in [0.15, 0.2) is 0 Å². The predicted molar refractivity (Wildman–Crippen MR) is 170 cm³/mol. The molecular formula is C36H31FN4O6. The number of carbonyl (C=O) groups excluding carboxylic acids is 3. The Morgan fingerprint density at radius 1 is 0.957 bits per heavy atom. The third-order valence-corrected chi connectivity index (χ3v) is 7.33. The second kappa shape index (κ2) is 14.9. The number of hydrogen-bond donors (Lipinski definition) is 0. The van der Waals surface area contributed by atoms with Gasteiger partial charge in [-0.05, 0) is 72.7 Å². The summed E-state index contributed by atoms with van der Waals surface area (Å²) in [5.74, 6) is -1.43. The highest BCUT2D eigenvalue weighted by Crippen LogP contribution is 2.32. The van der Waals surface area contributed by atoms with Crippen molar-refractivity contribution in [3.63, 3.8) is 0 Å². The first kappa shape index (κ1) is 32.5. The van der Waals surface area contributed by atoms with Gasteiger partial charge in [0, 0.05) is 29.8 Å². The molecular weight excluding hydrogens is 603 g/mol. The van der Waals surface area contributed by atoms with E-state index in [0.29, 0.717) is 17.0 Å². The van der Waals surface area contributed by atoms with Crippen LogP contribution in [0.5, 0.6) is 5.75 Å². The first-order chi connectivity index (χ1) is 22.7. The van der Waals surface area contributed by atoms with Gasteiger partial charge in [-0.15, -0.1) is 0 Å². The van der Waals surface area contributed by atoms with Crippen LogP contribution < -0.4 is 4.74 Å². The molecule has 1 aliphatic rings. The Bertz CT molecular complexity index is 1870. The van der Waals surface area contributed by atoms with Crippen LogP contribution in [0, 0.1) is 17.1 Å². The molecule has 0 unspecified atom stereocenters. The Morgan fingerprint density at radius 3 is 2.36 bits per heavy atom. The first-order valence-corrected chi connectivity index (χ1v) is 14.8. The number of rotatable bonds is 12. The van der Waals surface area contributed by atoms with Gasteiger partial charge in [0.2, 0.25) is 0 Å². The molecule has 3 aromatic carbocycles. The first-order valence-electron chi connectivity index (χ1n) is 14.8. The molecule has 238 valence electrons. The van der Waals surface area contributed by atoms with Crippen molar-refractivity contribution in [1.29, 1.82) is 5.26 Å². The van der Waals surface area contributed by atoms with Crippen LogP contribution in [0.3, 0.4) is 0 Å². The Morgan fingerprint density at radius 2 is 1.68 bits per heavy atom. The predicted octanol–water partition coefficient (Wildman–Crippen LogP) is 5.43. The smallest absolute Gasteiger partial charge is 0.302 e. The number of para-hydroxylation sites is 1. The Hall–Kier alpha value is -5.86. The van der Waals surface area contributed by atoms with E-state index >= 15 is 0 Å². The number of amides is 2. The molecule has 0 aliphatic carbocycles. The molecule has 1 aliphatic heterocycles. The molecule has 0 N–H and O–H groups in total. The van der Waals surface area contributed by atoms with Gasteiger partial charge in [-0.1, -0.05) is 30.3 Å². The molecule has 0 radical (unpaired) electrons. The Kier molecular flexibility index (Phi) is 10.3. The second-order valence-electron chi connectivity index (χ2n) is 10.5. The summed E-state index contributed by atoms with van der Waals surface area (Å²) in [5.41, 5.74) is 3.79. The van der Waals surface area contributed by atoms with Crippen molar-refractivity contribution < 1.29 is 33.0 Å². The Labute approximate surface area is 270 Å². The molecule has 11 heteroatoms. The van der Waals surface area contributed by atoms with E-state index in [4.69, 9.17) is 19.3 Å². The van der Waals surface area contributed by atoms with E-state index in [1.54, 1.807) is 48.1 Å². The zero-order chi connectivity index (χ0) is 33.3. The van der Waals surface area contributed by atoms with Gasteiger partial charge in [0.25, 0.3) is 11.8 Å². The standard InChI is InChI=1S/C36H31FN4O6/c1-24-32(35(43)40(36(44)33(24)21-38)16-17-45-18-19-46-25(2)42)20-28-22-41(30-6-4-3-5-7-30)39-34(28)27-10-14-31(15-11-27)47-23-26-8-12-29(37)13-9-26/h3-15,20,22H,16-19,23H2,1-2H3/b32-20+. The van der Waals surface area contributed by atoms with Gasteiger partial charge in [-0.25, -0.2) is 9.07 Å². The second-order valence-corrected chi connectivity index (χ2v) is 10.5. The average molecular weight is 635 g/mol. The van der Waals surface area contributed by atoms with Crippen molar-refractivity contribution in [3.05, 3.63) is 119 Å². The lowest BCUT2D eigenvalue weighted by Crippen LogP contribution is -2.44. The molecule has 0 fully saturated rings. The van der Waals surface area contributed by atoms with Crippen LogP contribution in [0.1, 0.15) is 25.0 Å². The van der Waals surface area contributed by atoms with Gasteiger partial charge >= 0.3 is 5.97 Å². The highest BCUT2D eigenvalue weighted by atomic mass is 19.1. The lowest BCUT2D eigenvalue weighted by molar-refractivity contribution is -0.142. The lowest BCUT2D eigenvalue weighted by atomic mass is 9.93. The number of nitrogens with zero attached hydrogens (tertiary/aromatic N) is 4. The highest BCUT2D eigenvalue weighted by molar-refractivity contribution is 6.19. The minimum absolute atomic E-state index is 0.00342. The van der Waals surface area contributed by atoms with Crippen molar-refractivity contribution >= 4 is 23.9 Å². The number of esters is 1. The number of aromatic nitrogens is 2. The van der Waals surface area contributed by atoms with Crippen LogP contribution in [0.4, 0.5) is 4.39 Å². The van der Waals surface area contributed by atoms with Crippen LogP contribution >= 0.6 is 0 Å². The number of imide groups is 1. The van der Waals surface area contributed by atoms with Crippen molar-refractivity contribution in [3.8, 4) is 28.8 Å². The largest absolute Gasteiger partial charge is 0.489 e. The fourth-order valence-electron chi connectivity index (χ4n) is 4.88. The van der Waals surface area contributed by atoms with E-state index in [1.807, 2.05) is 48.5 Å². The van der Waals surface area contributed by atoms with Gasteiger partial charge in [0.1, 0.15) is 36.4 Å². The number of benzene rings is 3. The summed E-state index contributed by atoms with van der Waals surface area (Å²) in [5, 5.41) is 14.7. The van der Waals surface area contributed by atoms with Crippen LogP contribution in [0.2, 0.25) is 0 Å². The number of carbonyl (C=O) groups is 3. The Balaban J connectivity index is 1.44. The summed E-state index contributed by atoms with van der Waals surface area (Å²) in [6.45, 7) is 3.16. The summed E-state index contributed by atoms with van der Waals surface area (Å²) in [6, 6.07) is 24.8. The number of ether oxygens (including phenoxy) is 3. The minimum atomic E-state index is -0.702. The fourth-order valence-corrected chi connectivity index (χ4v) is 4.88. The van der Waals surface area contributed by atoms with Crippen molar-refractivity contribution in [2.45, 2.75) is 20.5 Å². The molecule has 0 spiro atoms. The van der Waals surface area contributed by atoms with E-state index in [1.165, 1.54) is 19.1 Å². The van der Waals surface area contributed by atoms with Gasteiger partial charge in [0.05, 0.1) is 31.1 Å². The number of halogens is 1. The molecule has 0 saturated carbocycles. The van der Waals surface area contributed by atoms with Gasteiger partial charge in [-0.2, -0.15) is 10.4 Å². The topological polar surface area (TPSA) is 124 Å². The molecule has 0 bridgehead atoms. The monoisotopic (exact) mass is 634 g/mol. The van der Waals surface area contributed by atoms with Crippen LogP contribution in [-0.2, 0) is 30.5 Å². The van der Waals surface area contributed by atoms with Crippen LogP contribution in [0.15, 0.2) is 102 Å². The maximum Gasteiger partial charge on any atom is 0.302 e. The lowest BCUT2D eigenvalue weighted by Gasteiger charge is -2.27. The third-order valence-electron chi connectivity index (χ3n) is 7.33. The highest BCUT2D eigenvalue weighted by Gasteiger charge is 2.35. The zero-order valence-corrected chi connectivity index (χ0v) is 25.8. The fraction of sp³-hybridized carbons (Fsp3) is 0.194. The summed E-state index contributed by atoms with van der Waals surface area (Å²) < 4.78 is 31.1. The van der Waals surface area contributed by atoms with Gasteiger partial charge in [-0.3, -0.25) is 19.3 Å². The van der Waals surface area contributed by atoms with Crippen LogP contribution in [0.25, 0.3) is 23.0 Å². The maximum atomic E-state index is 13.7. The molecule has 4 aromatic rings. The summed E-state index contributed by atoms with van der Waals surface area (Å²) in [7, 11) is 0. The summed E-state index contributed by atoms with van der Waals surface area (Å²) in [6.07, 6.45) is 3.42. The third kappa shape index (κ3) is 7.87. The molecule has 10 nitrogen and oxygen atoms in total. The zero-order valence-electron chi connectivity index (χ0n) is 25.8. The summed E-state index contributed by atoms with van der Waals surface area (Å²) >= 11 is 0. The van der Waals surface area contributed by atoms with E-state index in [-0.39, 0.29) is 55.5 Å². The molecule has 0 saturated heterocycles. The molecule has 1 aromatic heterocycles. The van der Waals surface area contributed by atoms with Crippen molar-refractivity contribution in [2.24, 2.45) is 0 Å². The number of hydrogen-bond acceptors (Lipinski definition) is 8. The minimum Gasteiger partial charge on any atom is -0.489 e. The normalized spacial score (nSPS) is 14.0. The van der Waals surface area contributed by atoms with E-state index in [2.05, 4.69) is 0 Å². The molecule has 5 rings (SSSR count). The summed E-state index contributed by atoms with van der Waals surface area (Å²) in [4.78, 5) is 38.7. The quantitative estimate of drug-likeness (QED) is 0.0875.